The number of guanidine groups is 1. The molecule has 1 amide bonds. The standard InChI is InChI=1S/C16H22N4O6S/c1-3-9-27-11-6-7-12(20(24)25)13(10-11)19(8-4-5-14(21)22)15(17)18-16(23)26-2/h6-7,10H,3-5,8-9H2,1-2H3,(H,21,22)(H2,17,18,23). The minimum Gasteiger partial charge on any atom is -0.481 e. The minimum absolute atomic E-state index is 0.00212. The molecule has 1 aromatic carbocycles. The van der Waals surface area contributed by atoms with E-state index in [9.17, 15) is 19.7 Å². The van der Waals surface area contributed by atoms with Gasteiger partial charge in [-0.2, -0.15) is 0 Å². The van der Waals surface area contributed by atoms with E-state index in [4.69, 9.17) is 10.5 Å². The van der Waals surface area contributed by atoms with Gasteiger partial charge in [-0.25, -0.2) is 4.79 Å². The van der Waals surface area contributed by atoms with Crippen LogP contribution >= 0.6 is 11.8 Å². The summed E-state index contributed by atoms with van der Waals surface area (Å²) in [6.45, 7) is 2.01. The summed E-state index contributed by atoms with van der Waals surface area (Å²) in [5.41, 5.74) is -0.143. The second-order valence-electron chi connectivity index (χ2n) is 5.37. The number of aliphatic carboxylic acids is 1. The molecule has 0 aliphatic heterocycles. The molecule has 0 saturated carbocycles. The lowest BCUT2D eigenvalue weighted by Crippen LogP contribution is -2.44. The number of hydrogen-bond acceptors (Lipinski definition) is 7. The predicted molar refractivity (Wildman–Crippen MR) is 102 cm³/mol. The molecule has 27 heavy (non-hydrogen) atoms. The summed E-state index contributed by atoms with van der Waals surface area (Å²) < 4.78 is 4.45. The smallest absolute Gasteiger partial charge is 0.413 e. The number of nitrogens with one attached hydrogen (secondary N) is 2. The van der Waals surface area contributed by atoms with Gasteiger partial charge in [-0.05, 0) is 30.7 Å². The number of carboxylic acid groups (broad SMARTS) is 1. The zero-order chi connectivity index (χ0) is 20.4. The fourth-order valence-corrected chi connectivity index (χ4v) is 2.94. The van der Waals surface area contributed by atoms with Gasteiger partial charge in [-0.3, -0.25) is 25.6 Å². The van der Waals surface area contributed by atoms with Crippen LogP contribution in [0.3, 0.4) is 0 Å². The quantitative estimate of drug-likeness (QED) is 0.189. The Balaban J connectivity index is 3.26. The van der Waals surface area contributed by atoms with Crippen LogP contribution in [0.25, 0.3) is 0 Å². The lowest BCUT2D eigenvalue weighted by Gasteiger charge is -2.25. The topological polar surface area (TPSA) is 146 Å². The first-order chi connectivity index (χ1) is 12.8. The molecular weight excluding hydrogens is 376 g/mol. The van der Waals surface area contributed by atoms with Gasteiger partial charge in [0.25, 0.3) is 5.69 Å². The number of hydrogen-bond donors (Lipinski definition) is 3. The number of nitrogens with zero attached hydrogens (tertiary/aromatic N) is 2. The van der Waals surface area contributed by atoms with E-state index in [2.05, 4.69) is 10.1 Å². The molecule has 0 spiro atoms. The maximum Gasteiger partial charge on any atom is 0.413 e. The Labute approximate surface area is 160 Å². The monoisotopic (exact) mass is 398 g/mol. The van der Waals surface area contributed by atoms with Crippen molar-refractivity contribution in [3.63, 3.8) is 0 Å². The van der Waals surface area contributed by atoms with E-state index < -0.39 is 22.9 Å². The molecule has 0 aliphatic rings. The van der Waals surface area contributed by atoms with Gasteiger partial charge in [0, 0.05) is 23.9 Å². The SMILES string of the molecule is CCCSc1ccc([N+](=O)[O-])c(N(CCCC(=O)O)C(=N)NC(=O)OC)c1. The fourth-order valence-electron chi connectivity index (χ4n) is 2.14. The van der Waals surface area contributed by atoms with Crippen molar-refractivity contribution >= 4 is 41.2 Å². The van der Waals surface area contributed by atoms with Gasteiger partial charge >= 0.3 is 12.1 Å². The highest BCUT2D eigenvalue weighted by molar-refractivity contribution is 7.99. The van der Waals surface area contributed by atoms with Gasteiger partial charge in [0.2, 0.25) is 5.96 Å². The molecule has 3 N–H and O–H groups in total. The summed E-state index contributed by atoms with van der Waals surface area (Å²) >= 11 is 1.51. The van der Waals surface area contributed by atoms with Gasteiger partial charge in [0.05, 0.1) is 12.0 Å². The highest BCUT2D eigenvalue weighted by Gasteiger charge is 2.24. The summed E-state index contributed by atoms with van der Waals surface area (Å²) in [5, 5.41) is 30.5. The van der Waals surface area contributed by atoms with E-state index in [0.29, 0.717) is 0 Å². The summed E-state index contributed by atoms with van der Waals surface area (Å²) in [7, 11) is 1.13. The van der Waals surface area contributed by atoms with Crippen LogP contribution in [-0.2, 0) is 9.53 Å². The Kier molecular flexibility index (Phi) is 9.06. The summed E-state index contributed by atoms with van der Waals surface area (Å²) in [5.74, 6) is -0.647. The van der Waals surface area contributed by atoms with Crippen LogP contribution in [0.1, 0.15) is 26.2 Å². The van der Waals surface area contributed by atoms with Crippen molar-refractivity contribution in [2.24, 2.45) is 0 Å². The number of carbonyl (C=O) groups is 2. The number of rotatable bonds is 9. The van der Waals surface area contributed by atoms with E-state index in [1.807, 2.05) is 6.92 Å². The second kappa shape index (κ2) is 11.0. The van der Waals surface area contributed by atoms with Crippen molar-refractivity contribution in [1.29, 1.82) is 5.41 Å². The van der Waals surface area contributed by atoms with E-state index in [-0.39, 0.29) is 30.8 Å². The average Bonchev–Trinajstić information content (AvgIpc) is 2.62. The molecule has 0 radical (unpaired) electrons. The van der Waals surface area contributed by atoms with Gasteiger partial charge in [-0.1, -0.05) is 6.92 Å². The first-order valence-electron chi connectivity index (χ1n) is 8.14. The highest BCUT2D eigenvalue weighted by Crippen LogP contribution is 2.33. The Morgan fingerprint density at radius 2 is 2.15 bits per heavy atom. The summed E-state index contributed by atoms with van der Waals surface area (Å²) in [6.07, 6.45) is -0.0363. The van der Waals surface area contributed by atoms with Crippen LogP contribution < -0.4 is 10.2 Å². The molecule has 0 atom stereocenters. The molecule has 0 aliphatic carbocycles. The van der Waals surface area contributed by atoms with Crippen LogP contribution in [-0.4, -0.2) is 47.5 Å². The fraction of sp³-hybridized carbons (Fsp3) is 0.438. The number of thioether (sulfide) groups is 1. The number of anilines is 1. The number of nitro groups is 1. The third-order valence-corrected chi connectivity index (χ3v) is 4.56. The van der Waals surface area contributed by atoms with E-state index in [1.54, 1.807) is 12.1 Å². The van der Waals surface area contributed by atoms with Crippen molar-refractivity contribution in [1.82, 2.24) is 5.32 Å². The molecule has 0 unspecified atom stereocenters. The van der Waals surface area contributed by atoms with Crippen LogP contribution in [0.4, 0.5) is 16.2 Å². The molecule has 148 valence electrons. The molecule has 0 bridgehead atoms. The number of amides is 1. The van der Waals surface area contributed by atoms with E-state index >= 15 is 0 Å². The van der Waals surface area contributed by atoms with E-state index in [1.165, 1.54) is 22.7 Å². The van der Waals surface area contributed by atoms with E-state index in [0.717, 1.165) is 24.2 Å². The van der Waals surface area contributed by atoms with Gasteiger partial charge in [0.15, 0.2) is 0 Å². The van der Waals surface area contributed by atoms with Crippen LogP contribution in [0, 0.1) is 15.5 Å². The maximum atomic E-state index is 11.4. The number of carboxylic acids is 1. The van der Waals surface area contributed by atoms with Crippen molar-refractivity contribution in [2.45, 2.75) is 31.1 Å². The number of carbonyl (C=O) groups excluding carboxylic acids is 1. The van der Waals surface area contributed by atoms with Crippen molar-refractivity contribution in [3.8, 4) is 0 Å². The zero-order valence-corrected chi connectivity index (χ0v) is 15.9. The molecule has 0 fully saturated rings. The molecule has 1 aromatic rings. The molecule has 0 heterocycles. The highest BCUT2D eigenvalue weighted by atomic mass is 32.2. The molecule has 10 nitrogen and oxygen atoms in total. The van der Waals surface area contributed by atoms with Crippen molar-refractivity contribution in [2.75, 3.05) is 24.3 Å². The summed E-state index contributed by atoms with van der Waals surface area (Å²) in [4.78, 5) is 35.0. The van der Waals surface area contributed by atoms with Gasteiger partial charge in [-0.15, -0.1) is 11.8 Å². The summed E-state index contributed by atoms with van der Waals surface area (Å²) in [6, 6.07) is 4.52. The number of ether oxygens (including phenoxy) is 1. The Morgan fingerprint density at radius 1 is 1.44 bits per heavy atom. The third kappa shape index (κ3) is 7.13. The van der Waals surface area contributed by atoms with Crippen LogP contribution in [0.5, 0.6) is 0 Å². The number of alkyl carbamates (subject to hydrolysis) is 1. The first kappa shape index (κ1) is 22.2. The second-order valence-corrected chi connectivity index (χ2v) is 6.54. The number of benzene rings is 1. The van der Waals surface area contributed by atoms with Crippen molar-refractivity contribution < 1.29 is 24.4 Å². The molecule has 0 aromatic heterocycles. The minimum atomic E-state index is -1.02. The Morgan fingerprint density at radius 3 is 2.70 bits per heavy atom. The first-order valence-corrected chi connectivity index (χ1v) is 9.12. The van der Waals surface area contributed by atoms with Crippen LogP contribution in [0.15, 0.2) is 23.1 Å². The lowest BCUT2D eigenvalue weighted by molar-refractivity contribution is -0.384. The zero-order valence-electron chi connectivity index (χ0n) is 15.1. The molecule has 0 saturated heterocycles. The lowest BCUT2D eigenvalue weighted by atomic mass is 10.2. The maximum absolute atomic E-state index is 11.4. The van der Waals surface area contributed by atoms with Gasteiger partial charge < -0.3 is 14.7 Å². The number of methoxy groups -OCH3 is 1. The molecular formula is C16H22N4O6S. The third-order valence-electron chi connectivity index (χ3n) is 3.36. The van der Waals surface area contributed by atoms with Crippen molar-refractivity contribution in [3.05, 3.63) is 28.3 Å². The normalized spacial score (nSPS) is 10.1. The largest absolute Gasteiger partial charge is 0.481 e. The van der Waals surface area contributed by atoms with Crippen LogP contribution in [0.2, 0.25) is 0 Å². The van der Waals surface area contributed by atoms with Gasteiger partial charge in [0.1, 0.15) is 5.69 Å². The molecule has 11 heteroatoms. The predicted octanol–water partition coefficient (Wildman–Crippen LogP) is 3.06. The average molecular weight is 398 g/mol. The Bertz CT molecular complexity index is 712. The molecule has 1 rings (SSSR count). The Hall–Kier alpha value is -2.82. The number of nitro benzene ring substituents is 1.